The van der Waals surface area contributed by atoms with E-state index in [0.29, 0.717) is 0 Å². The van der Waals surface area contributed by atoms with Crippen molar-refractivity contribution < 1.29 is 29.1 Å². The van der Waals surface area contributed by atoms with Crippen LogP contribution in [0.1, 0.15) is 27.2 Å². The molecule has 0 saturated heterocycles. The molecular formula is C10H15AlO6. The molecule has 7 heteroatoms. The highest BCUT2D eigenvalue weighted by atomic mass is 27.0. The molecule has 0 aromatic heterocycles. The summed E-state index contributed by atoms with van der Waals surface area (Å²) >= 11 is 0. The first-order valence-corrected chi connectivity index (χ1v) is 4.45. The van der Waals surface area contributed by atoms with E-state index < -0.39 is 40.9 Å². The first kappa shape index (κ1) is 18.1. The van der Waals surface area contributed by atoms with Crippen molar-refractivity contribution in [2.45, 2.75) is 27.2 Å². The van der Waals surface area contributed by atoms with E-state index in [0.717, 1.165) is 20.8 Å². The van der Waals surface area contributed by atoms with E-state index in [4.69, 9.17) is 5.11 Å². The Bertz CT molecular complexity index is 348. The molecule has 0 bridgehead atoms. The lowest BCUT2D eigenvalue weighted by atomic mass is 9.75. The molecule has 0 aliphatic rings. The van der Waals surface area contributed by atoms with Crippen LogP contribution in [0.25, 0.3) is 0 Å². The van der Waals surface area contributed by atoms with Gasteiger partial charge in [0.2, 0.25) is 5.41 Å². The first-order valence-electron chi connectivity index (χ1n) is 4.45. The summed E-state index contributed by atoms with van der Waals surface area (Å²) < 4.78 is 0. The van der Waals surface area contributed by atoms with Crippen molar-refractivity contribution in [3.8, 4) is 0 Å². The Morgan fingerprint density at radius 1 is 0.941 bits per heavy atom. The van der Waals surface area contributed by atoms with Gasteiger partial charge in [-0.2, -0.15) is 0 Å². The fourth-order valence-electron chi connectivity index (χ4n) is 1.42. The van der Waals surface area contributed by atoms with Crippen molar-refractivity contribution in [1.29, 1.82) is 0 Å². The molecule has 0 unspecified atom stereocenters. The summed E-state index contributed by atoms with van der Waals surface area (Å²) in [5.41, 5.74) is -2.73. The van der Waals surface area contributed by atoms with Crippen molar-refractivity contribution in [1.82, 2.24) is 0 Å². The molecule has 0 aliphatic carbocycles. The SMILES string of the molecule is CC(=O)CC(=O)C(C(C)=O)(C(C)=O)C(=O)O.[AlH3]. The quantitative estimate of drug-likeness (QED) is 0.464. The molecular weight excluding hydrogens is 243 g/mol. The molecule has 0 fully saturated rings. The Morgan fingerprint density at radius 3 is 1.47 bits per heavy atom. The van der Waals surface area contributed by atoms with E-state index in [1.54, 1.807) is 0 Å². The Kier molecular flexibility index (Phi) is 6.83. The molecule has 0 aromatic carbocycles. The number of carboxylic acid groups (broad SMARTS) is 1. The van der Waals surface area contributed by atoms with Crippen LogP contribution in [0.15, 0.2) is 0 Å². The monoisotopic (exact) mass is 258 g/mol. The molecule has 0 spiro atoms. The molecule has 0 atom stereocenters. The molecule has 94 valence electrons. The number of aliphatic carboxylic acids is 1. The number of hydrogen-bond donors (Lipinski definition) is 1. The normalized spacial score (nSPS) is 10.1. The zero-order chi connectivity index (χ0) is 13.1. The molecule has 1 N–H and O–H groups in total. The fraction of sp³-hybridized carbons (Fsp3) is 0.500. The summed E-state index contributed by atoms with van der Waals surface area (Å²) in [7, 11) is 0. The second-order valence-electron chi connectivity index (χ2n) is 3.47. The topological polar surface area (TPSA) is 106 Å². The van der Waals surface area contributed by atoms with Gasteiger partial charge in [-0.3, -0.25) is 24.0 Å². The van der Waals surface area contributed by atoms with Gasteiger partial charge in [0.15, 0.2) is 34.7 Å². The van der Waals surface area contributed by atoms with Crippen molar-refractivity contribution in [2.24, 2.45) is 5.41 Å². The van der Waals surface area contributed by atoms with Gasteiger partial charge in [0.1, 0.15) is 5.78 Å². The van der Waals surface area contributed by atoms with Crippen LogP contribution in [-0.4, -0.2) is 51.6 Å². The minimum atomic E-state index is -2.73. The minimum absolute atomic E-state index is 0. The highest BCUT2D eigenvalue weighted by Gasteiger charge is 2.54. The number of ketones is 4. The van der Waals surface area contributed by atoms with Crippen LogP contribution in [0.4, 0.5) is 0 Å². The highest BCUT2D eigenvalue weighted by Crippen LogP contribution is 2.24. The van der Waals surface area contributed by atoms with Gasteiger partial charge in [0.25, 0.3) is 0 Å². The molecule has 6 nitrogen and oxygen atoms in total. The molecule has 0 aliphatic heterocycles. The standard InChI is InChI=1S/C10H12O6.Al.3H/c1-5(11)4-8(14)10(6(2)12,7(3)13)9(15)16;;;;/h4H2,1-3H3,(H,15,16);;;;. The van der Waals surface area contributed by atoms with Crippen molar-refractivity contribution in [3.05, 3.63) is 0 Å². The zero-order valence-electron chi connectivity index (χ0n) is 9.20. The van der Waals surface area contributed by atoms with E-state index >= 15 is 0 Å². The smallest absolute Gasteiger partial charge is 0.332 e. The molecule has 0 aromatic rings. The molecule has 0 rings (SSSR count). The maximum absolute atomic E-state index is 11.6. The Labute approximate surface area is 108 Å². The van der Waals surface area contributed by atoms with Crippen LogP contribution < -0.4 is 0 Å². The molecule has 17 heavy (non-hydrogen) atoms. The molecule has 0 saturated carbocycles. The van der Waals surface area contributed by atoms with Gasteiger partial charge in [-0.15, -0.1) is 0 Å². The molecule has 0 amide bonds. The van der Waals surface area contributed by atoms with Gasteiger partial charge in [-0.05, 0) is 20.8 Å². The second kappa shape index (κ2) is 6.43. The summed E-state index contributed by atoms with van der Waals surface area (Å²) in [6, 6.07) is 0. The van der Waals surface area contributed by atoms with E-state index in [9.17, 15) is 24.0 Å². The molecule has 0 radical (unpaired) electrons. The van der Waals surface area contributed by atoms with Crippen molar-refractivity contribution >= 4 is 46.5 Å². The van der Waals surface area contributed by atoms with E-state index in [1.807, 2.05) is 0 Å². The van der Waals surface area contributed by atoms with Gasteiger partial charge in [0, 0.05) is 0 Å². The van der Waals surface area contributed by atoms with E-state index in [2.05, 4.69) is 0 Å². The Morgan fingerprint density at radius 2 is 1.29 bits per heavy atom. The fourth-order valence-corrected chi connectivity index (χ4v) is 1.42. The summed E-state index contributed by atoms with van der Waals surface area (Å²) in [4.78, 5) is 55.7. The largest absolute Gasteiger partial charge is 0.480 e. The van der Waals surface area contributed by atoms with Gasteiger partial charge >= 0.3 is 5.97 Å². The number of carbonyl (C=O) groups is 5. The Balaban J connectivity index is 0. The highest BCUT2D eigenvalue weighted by molar-refractivity contribution is 6.37. The number of Topliss-reactive ketones (excluding diaryl/α,β-unsaturated/α-hetero) is 4. The predicted molar refractivity (Wildman–Crippen MR) is 61.7 cm³/mol. The minimum Gasteiger partial charge on any atom is -0.480 e. The van der Waals surface area contributed by atoms with Gasteiger partial charge in [-0.1, -0.05) is 0 Å². The summed E-state index contributed by atoms with van der Waals surface area (Å²) in [6.07, 6.45) is -0.745. The van der Waals surface area contributed by atoms with Gasteiger partial charge in [-0.25, -0.2) is 0 Å². The average Bonchev–Trinajstić information content (AvgIpc) is 1.99. The van der Waals surface area contributed by atoms with Gasteiger partial charge in [0.05, 0.1) is 6.42 Å². The van der Waals surface area contributed by atoms with Crippen LogP contribution in [-0.2, 0) is 24.0 Å². The lowest BCUT2D eigenvalue weighted by molar-refractivity contribution is -0.162. The van der Waals surface area contributed by atoms with Crippen molar-refractivity contribution in [2.75, 3.05) is 0 Å². The van der Waals surface area contributed by atoms with Crippen molar-refractivity contribution in [3.63, 3.8) is 0 Å². The van der Waals surface area contributed by atoms with Crippen LogP contribution in [0, 0.1) is 5.41 Å². The Hall–Kier alpha value is -1.32. The number of hydrogen-bond acceptors (Lipinski definition) is 5. The third-order valence-electron chi connectivity index (χ3n) is 2.20. The lowest BCUT2D eigenvalue weighted by Crippen LogP contribution is -2.51. The molecule has 0 heterocycles. The van der Waals surface area contributed by atoms with Crippen LogP contribution in [0.5, 0.6) is 0 Å². The number of carbonyl (C=O) groups excluding carboxylic acids is 4. The maximum atomic E-state index is 11.6. The predicted octanol–water partition coefficient (Wildman–Crippen LogP) is -1.40. The third kappa shape index (κ3) is 3.32. The zero-order valence-corrected chi connectivity index (χ0v) is 9.20. The summed E-state index contributed by atoms with van der Waals surface area (Å²) in [5.74, 6) is -5.79. The number of rotatable bonds is 6. The summed E-state index contributed by atoms with van der Waals surface area (Å²) in [6.45, 7) is 2.76. The third-order valence-corrected chi connectivity index (χ3v) is 2.20. The number of carboxylic acids is 1. The van der Waals surface area contributed by atoms with E-state index in [1.165, 1.54) is 0 Å². The average molecular weight is 258 g/mol. The van der Waals surface area contributed by atoms with Crippen LogP contribution in [0.2, 0.25) is 0 Å². The lowest BCUT2D eigenvalue weighted by Gasteiger charge is -2.21. The van der Waals surface area contributed by atoms with Crippen LogP contribution >= 0.6 is 0 Å². The summed E-state index contributed by atoms with van der Waals surface area (Å²) in [5, 5.41) is 8.87. The van der Waals surface area contributed by atoms with Gasteiger partial charge < -0.3 is 5.11 Å². The second-order valence-corrected chi connectivity index (χ2v) is 3.47. The van der Waals surface area contributed by atoms with Crippen LogP contribution in [0.3, 0.4) is 0 Å². The maximum Gasteiger partial charge on any atom is 0.332 e. The first-order chi connectivity index (χ1) is 7.17. The van der Waals surface area contributed by atoms with E-state index in [-0.39, 0.29) is 17.4 Å².